The number of para-hydroxylation sites is 1. The lowest BCUT2D eigenvalue weighted by atomic mass is 10.0. The molecule has 1 aromatic heterocycles. The van der Waals surface area contributed by atoms with E-state index in [9.17, 15) is 9.59 Å². The molecule has 0 fully saturated rings. The van der Waals surface area contributed by atoms with Crippen molar-refractivity contribution in [2.45, 2.75) is 38.8 Å². The SMILES string of the molecule is CC(C)(C)NC(=O)C(c1cc2ccccc2[nH]1)N(CC#Cc1ccccc1)C(=O)Cc1ccccc1. The molecule has 0 saturated carbocycles. The van der Waals surface area contributed by atoms with Crippen LogP contribution in [0.1, 0.15) is 43.6 Å². The second-order valence-electron chi connectivity index (χ2n) is 9.81. The van der Waals surface area contributed by atoms with Gasteiger partial charge in [0.25, 0.3) is 0 Å². The van der Waals surface area contributed by atoms with Crippen molar-refractivity contribution >= 4 is 22.7 Å². The van der Waals surface area contributed by atoms with Crippen LogP contribution < -0.4 is 5.32 Å². The Morgan fingerprint density at radius 2 is 1.56 bits per heavy atom. The van der Waals surface area contributed by atoms with Gasteiger partial charge in [0.15, 0.2) is 6.04 Å². The average Bonchev–Trinajstić information content (AvgIpc) is 3.27. The maximum atomic E-state index is 13.7. The molecule has 5 nitrogen and oxygen atoms in total. The third-order valence-electron chi connectivity index (χ3n) is 5.68. The number of nitrogens with zero attached hydrogens (tertiary/aromatic N) is 1. The molecule has 0 aliphatic heterocycles. The Kier molecular flexibility index (Phi) is 7.56. The van der Waals surface area contributed by atoms with E-state index in [2.05, 4.69) is 22.1 Å². The Labute approximate surface area is 212 Å². The molecule has 0 radical (unpaired) electrons. The molecule has 1 unspecified atom stereocenters. The summed E-state index contributed by atoms with van der Waals surface area (Å²) in [6.45, 7) is 5.90. The highest BCUT2D eigenvalue weighted by Crippen LogP contribution is 2.26. The fourth-order valence-electron chi connectivity index (χ4n) is 4.08. The number of nitrogens with one attached hydrogen (secondary N) is 2. The van der Waals surface area contributed by atoms with Gasteiger partial charge in [0.2, 0.25) is 11.8 Å². The normalized spacial score (nSPS) is 11.9. The molecule has 0 bridgehead atoms. The van der Waals surface area contributed by atoms with Gasteiger partial charge in [-0.05, 0) is 56.0 Å². The Morgan fingerprint density at radius 1 is 0.917 bits per heavy atom. The van der Waals surface area contributed by atoms with E-state index in [1.165, 1.54) is 0 Å². The second kappa shape index (κ2) is 11.0. The molecule has 1 heterocycles. The van der Waals surface area contributed by atoms with Crippen LogP contribution in [0.25, 0.3) is 10.9 Å². The van der Waals surface area contributed by atoms with Crippen molar-refractivity contribution in [3.05, 3.63) is 108 Å². The summed E-state index contributed by atoms with van der Waals surface area (Å²) in [7, 11) is 0. The molecule has 2 N–H and O–H groups in total. The number of rotatable bonds is 6. The quantitative estimate of drug-likeness (QED) is 0.373. The van der Waals surface area contributed by atoms with E-state index in [4.69, 9.17) is 0 Å². The number of H-pyrrole nitrogens is 1. The summed E-state index contributed by atoms with van der Waals surface area (Å²) >= 11 is 0. The molecule has 0 saturated heterocycles. The summed E-state index contributed by atoms with van der Waals surface area (Å²) in [5, 5.41) is 4.05. The molecular formula is C31H31N3O2. The predicted octanol–water partition coefficient (Wildman–Crippen LogP) is 5.25. The third kappa shape index (κ3) is 6.43. The minimum Gasteiger partial charge on any atom is -0.356 e. The van der Waals surface area contributed by atoms with Gasteiger partial charge in [0, 0.05) is 22.3 Å². The summed E-state index contributed by atoms with van der Waals surface area (Å²) in [4.78, 5) is 32.4. The van der Waals surface area contributed by atoms with Crippen molar-refractivity contribution in [2.24, 2.45) is 0 Å². The maximum absolute atomic E-state index is 13.7. The Balaban J connectivity index is 1.75. The van der Waals surface area contributed by atoms with E-state index in [0.29, 0.717) is 5.69 Å². The van der Waals surface area contributed by atoms with Crippen LogP contribution in [-0.2, 0) is 16.0 Å². The van der Waals surface area contributed by atoms with Gasteiger partial charge in [-0.25, -0.2) is 0 Å². The molecule has 36 heavy (non-hydrogen) atoms. The van der Waals surface area contributed by atoms with Crippen molar-refractivity contribution in [2.75, 3.05) is 6.54 Å². The smallest absolute Gasteiger partial charge is 0.249 e. The first kappa shape index (κ1) is 24.8. The minimum atomic E-state index is -0.863. The first-order chi connectivity index (χ1) is 17.3. The molecule has 2 amide bonds. The zero-order valence-electron chi connectivity index (χ0n) is 20.9. The monoisotopic (exact) mass is 477 g/mol. The number of benzene rings is 3. The highest BCUT2D eigenvalue weighted by atomic mass is 16.2. The van der Waals surface area contributed by atoms with Gasteiger partial charge in [0.05, 0.1) is 13.0 Å². The number of aromatic nitrogens is 1. The van der Waals surface area contributed by atoms with Gasteiger partial charge in [-0.2, -0.15) is 0 Å². The lowest BCUT2D eigenvalue weighted by Gasteiger charge is -2.32. The summed E-state index contributed by atoms with van der Waals surface area (Å²) in [6, 6.07) is 28.1. The Hall–Kier alpha value is -4.30. The van der Waals surface area contributed by atoms with E-state index in [1.54, 1.807) is 4.90 Å². The van der Waals surface area contributed by atoms with E-state index >= 15 is 0 Å². The Morgan fingerprint density at radius 3 is 2.22 bits per heavy atom. The van der Waals surface area contributed by atoms with Crippen LogP contribution in [0.3, 0.4) is 0 Å². The average molecular weight is 478 g/mol. The summed E-state index contributed by atoms with van der Waals surface area (Å²) in [6.07, 6.45) is 0.174. The maximum Gasteiger partial charge on any atom is 0.249 e. The van der Waals surface area contributed by atoms with E-state index in [0.717, 1.165) is 22.0 Å². The molecule has 4 rings (SSSR count). The largest absolute Gasteiger partial charge is 0.356 e. The Bertz CT molecular complexity index is 1360. The fraction of sp³-hybridized carbons (Fsp3) is 0.226. The fourth-order valence-corrected chi connectivity index (χ4v) is 4.08. The summed E-state index contributed by atoms with van der Waals surface area (Å²) < 4.78 is 0. The second-order valence-corrected chi connectivity index (χ2v) is 9.81. The van der Waals surface area contributed by atoms with Crippen LogP contribution >= 0.6 is 0 Å². The zero-order valence-corrected chi connectivity index (χ0v) is 20.9. The number of aromatic amines is 1. The summed E-state index contributed by atoms with van der Waals surface area (Å²) in [5.74, 6) is 5.84. The van der Waals surface area contributed by atoms with Crippen molar-refractivity contribution < 1.29 is 9.59 Å². The van der Waals surface area contributed by atoms with Crippen molar-refractivity contribution in [1.82, 2.24) is 15.2 Å². The first-order valence-corrected chi connectivity index (χ1v) is 12.1. The standard InChI is InChI=1S/C31H31N3O2/c1-31(2,3)33-30(36)29(27-22-25-18-10-11-19-26(25)32-27)34(20-12-17-23-13-6-4-7-14-23)28(35)21-24-15-8-5-9-16-24/h4-11,13-16,18-19,22,29,32H,20-21H2,1-3H3,(H,33,36). The molecule has 5 heteroatoms. The van der Waals surface area contributed by atoms with Gasteiger partial charge < -0.3 is 15.2 Å². The predicted molar refractivity (Wildman–Crippen MR) is 144 cm³/mol. The van der Waals surface area contributed by atoms with Gasteiger partial charge in [-0.15, -0.1) is 0 Å². The third-order valence-corrected chi connectivity index (χ3v) is 5.68. The van der Waals surface area contributed by atoms with Crippen molar-refractivity contribution in [3.63, 3.8) is 0 Å². The van der Waals surface area contributed by atoms with Crippen LogP contribution in [0.5, 0.6) is 0 Å². The van der Waals surface area contributed by atoms with E-state index in [-0.39, 0.29) is 24.8 Å². The van der Waals surface area contributed by atoms with Gasteiger partial charge in [0.1, 0.15) is 0 Å². The molecule has 1 atom stereocenters. The number of carbonyl (C=O) groups is 2. The number of fused-ring (bicyclic) bond motifs is 1. The molecule has 0 aliphatic rings. The highest BCUT2D eigenvalue weighted by molar-refractivity contribution is 5.91. The van der Waals surface area contributed by atoms with Gasteiger partial charge in [-0.3, -0.25) is 9.59 Å². The lowest BCUT2D eigenvalue weighted by molar-refractivity contribution is -0.140. The molecule has 0 spiro atoms. The zero-order chi connectivity index (χ0) is 25.5. The number of hydrogen-bond donors (Lipinski definition) is 2. The topological polar surface area (TPSA) is 65.2 Å². The number of carbonyl (C=O) groups excluding carboxylic acids is 2. The molecule has 0 aliphatic carbocycles. The van der Waals surface area contributed by atoms with Crippen molar-refractivity contribution in [1.29, 1.82) is 0 Å². The molecule has 4 aromatic rings. The van der Waals surface area contributed by atoms with Crippen molar-refractivity contribution in [3.8, 4) is 11.8 Å². The minimum absolute atomic E-state index is 0.109. The highest BCUT2D eigenvalue weighted by Gasteiger charge is 2.34. The molecule has 182 valence electrons. The number of hydrogen-bond acceptors (Lipinski definition) is 2. The van der Waals surface area contributed by atoms with Crippen LogP contribution in [0.4, 0.5) is 0 Å². The van der Waals surface area contributed by atoms with E-state index < -0.39 is 11.6 Å². The van der Waals surface area contributed by atoms with Crippen LogP contribution in [-0.4, -0.2) is 33.8 Å². The first-order valence-electron chi connectivity index (χ1n) is 12.1. The molecule has 3 aromatic carbocycles. The van der Waals surface area contributed by atoms with Crippen LogP contribution in [0.15, 0.2) is 91.0 Å². The van der Waals surface area contributed by atoms with Gasteiger partial charge in [-0.1, -0.05) is 78.6 Å². The van der Waals surface area contributed by atoms with Crippen LogP contribution in [0.2, 0.25) is 0 Å². The van der Waals surface area contributed by atoms with E-state index in [1.807, 2.05) is 112 Å². The van der Waals surface area contributed by atoms with Gasteiger partial charge >= 0.3 is 0 Å². The number of amides is 2. The molecular weight excluding hydrogens is 446 g/mol. The lowest BCUT2D eigenvalue weighted by Crippen LogP contribution is -2.49. The summed E-state index contributed by atoms with van der Waals surface area (Å²) in [5.41, 5.74) is 2.84. The van der Waals surface area contributed by atoms with Crippen LogP contribution in [0, 0.1) is 11.8 Å².